The second-order valence-corrected chi connectivity index (χ2v) is 6.34. The number of amides is 1. The van der Waals surface area contributed by atoms with Crippen molar-refractivity contribution in [1.82, 2.24) is 0 Å². The molecule has 0 unspecified atom stereocenters. The number of nitrogens with zero attached hydrogens (tertiary/aromatic N) is 1. The lowest BCUT2D eigenvalue weighted by Crippen LogP contribution is -2.13. The van der Waals surface area contributed by atoms with Crippen LogP contribution in [0.3, 0.4) is 0 Å². The summed E-state index contributed by atoms with van der Waals surface area (Å²) in [6, 6.07) is 18.5. The van der Waals surface area contributed by atoms with Gasteiger partial charge in [-0.3, -0.25) is 4.79 Å². The topological polar surface area (TPSA) is 92.3 Å². The third kappa shape index (κ3) is 4.92. The summed E-state index contributed by atoms with van der Waals surface area (Å²) in [6.07, 6.45) is 1.36. The van der Waals surface area contributed by atoms with Crippen LogP contribution in [0, 0.1) is 11.3 Å². The van der Waals surface area contributed by atoms with Crippen LogP contribution >= 0.6 is 11.6 Å². The zero-order valence-corrected chi connectivity index (χ0v) is 16.1. The summed E-state index contributed by atoms with van der Waals surface area (Å²) in [5.41, 5.74) is 1.48. The molecule has 144 valence electrons. The summed E-state index contributed by atoms with van der Waals surface area (Å²) in [7, 11) is 1.29. The van der Waals surface area contributed by atoms with Crippen LogP contribution in [0.15, 0.2) is 70.7 Å². The predicted octanol–water partition coefficient (Wildman–Crippen LogP) is 4.93. The number of esters is 1. The Kier molecular flexibility index (Phi) is 6.12. The molecule has 1 N–H and O–H groups in total. The van der Waals surface area contributed by atoms with Crippen molar-refractivity contribution in [2.75, 3.05) is 12.4 Å². The molecular weight excluding hydrogens is 392 g/mol. The average Bonchev–Trinajstić information content (AvgIpc) is 3.21. The lowest BCUT2D eigenvalue weighted by Gasteiger charge is -2.05. The fraction of sp³-hybridized carbons (Fsp3) is 0.0455. The molecule has 3 aromatic rings. The quantitative estimate of drug-likeness (QED) is 0.368. The molecule has 1 heterocycles. The Bertz CT molecular complexity index is 1110. The maximum Gasteiger partial charge on any atom is 0.337 e. The molecule has 0 fully saturated rings. The highest BCUT2D eigenvalue weighted by Crippen LogP contribution is 2.25. The van der Waals surface area contributed by atoms with E-state index in [-0.39, 0.29) is 5.57 Å². The van der Waals surface area contributed by atoms with E-state index in [0.717, 1.165) is 5.56 Å². The summed E-state index contributed by atoms with van der Waals surface area (Å²) < 4.78 is 10.3. The maximum absolute atomic E-state index is 12.4. The number of rotatable bonds is 5. The number of furan rings is 1. The highest BCUT2D eigenvalue weighted by atomic mass is 35.5. The number of hydrogen-bond donors (Lipinski definition) is 1. The molecule has 0 atom stereocenters. The molecule has 6 nitrogen and oxygen atoms in total. The highest BCUT2D eigenvalue weighted by Gasteiger charge is 2.12. The van der Waals surface area contributed by atoms with E-state index in [9.17, 15) is 14.9 Å². The number of anilines is 1. The first kappa shape index (κ1) is 19.9. The number of benzene rings is 2. The van der Waals surface area contributed by atoms with Crippen molar-refractivity contribution in [3.63, 3.8) is 0 Å². The summed E-state index contributed by atoms with van der Waals surface area (Å²) >= 11 is 5.88. The Morgan fingerprint density at radius 1 is 1.07 bits per heavy atom. The van der Waals surface area contributed by atoms with Crippen LogP contribution in [0.2, 0.25) is 5.02 Å². The molecule has 0 saturated carbocycles. The number of nitriles is 1. The van der Waals surface area contributed by atoms with Crippen LogP contribution < -0.4 is 5.32 Å². The molecule has 0 aliphatic heterocycles. The minimum Gasteiger partial charge on any atom is -0.465 e. The van der Waals surface area contributed by atoms with Crippen LogP contribution in [0.25, 0.3) is 17.4 Å². The first-order valence-corrected chi connectivity index (χ1v) is 8.85. The monoisotopic (exact) mass is 406 g/mol. The molecule has 1 aromatic heterocycles. The Labute approximate surface area is 172 Å². The van der Waals surface area contributed by atoms with Crippen molar-refractivity contribution in [2.45, 2.75) is 0 Å². The van der Waals surface area contributed by atoms with E-state index in [1.807, 2.05) is 18.2 Å². The molecule has 0 saturated heterocycles. The van der Waals surface area contributed by atoms with E-state index in [0.29, 0.717) is 27.8 Å². The van der Waals surface area contributed by atoms with Gasteiger partial charge in [-0.1, -0.05) is 11.6 Å². The number of halogens is 1. The van der Waals surface area contributed by atoms with Gasteiger partial charge in [0.1, 0.15) is 23.2 Å². The van der Waals surface area contributed by atoms with Crippen LogP contribution in [0.5, 0.6) is 0 Å². The summed E-state index contributed by atoms with van der Waals surface area (Å²) in [5.74, 6) is -0.121. The third-order valence-corrected chi connectivity index (χ3v) is 4.22. The van der Waals surface area contributed by atoms with Crippen LogP contribution in [0.1, 0.15) is 16.1 Å². The van der Waals surface area contributed by atoms with E-state index in [2.05, 4.69) is 10.1 Å². The molecule has 29 heavy (non-hydrogen) atoms. The van der Waals surface area contributed by atoms with Gasteiger partial charge in [0.15, 0.2) is 0 Å². The number of ether oxygens (including phenoxy) is 1. The van der Waals surface area contributed by atoms with Gasteiger partial charge in [-0.25, -0.2) is 4.79 Å². The van der Waals surface area contributed by atoms with Gasteiger partial charge in [0, 0.05) is 22.3 Å². The van der Waals surface area contributed by atoms with Gasteiger partial charge in [-0.15, -0.1) is 0 Å². The second kappa shape index (κ2) is 8.91. The van der Waals surface area contributed by atoms with Gasteiger partial charge in [0.2, 0.25) is 0 Å². The Hall–Kier alpha value is -3.82. The highest BCUT2D eigenvalue weighted by molar-refractivity contribution is 6.30. The number of carbonyl (C=O) groups is 2. The molecular formula is C22H15ClN2O4. The molecule has 3 rings (SSSR count). The van der Waals surface area contributed by atoms with Crippen molar-refractivity contribution in [2.24, 2.45) is 0 Å². The van der Waals surface area contributed by atoms with Gasteiger partial charge in [0.05, 0.1) is 12.7 Å². The zero-order chi connectivity index (χ0) is 20.8. The van der Waals surface area contributed by atoms with Crippen molar-refractivity contribution in [3.05, 3.63) is 82.6 Å². The van der Waals surface area contributed by atoms with Gasteiger partial charge in [-0.05, 0) is 60.7 Å². The smallest absolute Gasteiger partial charge is 0.337 e. The normalized spacial score (nSPS) is 10.9. The molecule has 1 amide bonds. The molecule has 0 aliphatic carbocycles. The SMILES string of the molecule is COC(=O)c1ccc(NC(=O)C(C#N)=Cc2ccc(-c3ccc(Cl)cc3)o2)cc1. The lowest BCUT2D eigenvalue weighted by molar-refractivity contribution is -0.112. The lowest BCUT2D eigenvalue weighted by atomic mass is 10.2. The van der Waals surface area contributed by atoms with Gasteiger partial charge in [-0.2, -0.15) is 5.26 Å². The molecule has 0 spiro atoms. The van der Waals surface area contributed by atoms with Crippen molar-refractivity contribution >= 4 is 35.2 Å². The molecule has 2 aromatic carbocycles. The Morgan fingerprint density at radius 3 is 2.38 bits per heavy atom. The van der Waals surface area contributed by atoms with Crippen LogP contribution in [-0.2, 0) is 9.53 Å². The maximum atomic E-state index is 12.4. The number of hydrogen-bond acceptors (Lipinski definition) is 5. The minimum atomic E-state index is -0.595. The number of methoxy groups -OCH3 is 1. The third-order valence-electron chi connectivity index (χ3n) is 3.97. The largest absolute Gasteiger partial charge is 0.465 e. The molecule has 7 heteroatoms. The van der Waals surface area contributed by atoms with Crippen molar-refractivity contribution < 1.29 is 18.7 Å². The van der Waals surface area contributed by atoms with Gasteiger partial charge < -0.3 is 14.5 Å². The van der Waals surface area contributed by atoms with Gasteiger partial charge in [0.25, 0.3) is 5.91 Å². The molecule has 0 radical (unpaired) electrons. The number of nitrogens with one attached hydrogen (secondary N) is 1. The van der Waals surface area contributed by atoms with E-state index in [1.165, 1.54) is 25.3 Å². The Balaban J connectivity index is 1.74. The Morgan fingerprint density at radius 2 is 1.76 bits per heavy atom. The standard InChI is InChI=1S/C22H15ClN2O4/c1-28-22(27)15-4-8-18(9-5-15)25-21(26)16(13-24)12-19-10-11-20(29-19)14-2-6-17(23)7-3-14/h2-12H,1H3,(H,25,26). The summed E-state index contributed by atoms with van der Waals surface area (Å²) in [5, 5.41) is 12.6. The first-order valence-electron chi connectivity index (χ1n) is 8.47. The van der Waals surface area contributed by atoms with E-state index in [1.54, 1.807) is 36.4 Å². The minimum absolute atomic E-state index is 0.126. The first-order chi connectivity index (χ1) is 14.0. The average molecular weight is 407 g/mol. The van der Waals surface area contributed by atoms with Crippen molar-refractivity contribution in [3.8, 4) is 17.4 Å². The summed E-state index contributed by atoms with van der Waals surface area (Å²) in [6.45, 7) is 0. The van der Waals surface area contributed by atoms with Crippen LogP contribution in [-0.4, -0.2) is 19.0 Å². The van der Waals surface area contributed by atoms with Crippen LogP contribution in [0.4, 0.5) is 5.69 Å². The zero-order valence-electron chi connectivity index (χ0n) is 15.3. The van der Waals surface area contributed by atoms with Gasteiger partial charge >= 0.3 is 5.97 Å². The second-order valence-electron chi connectivity index (χ2n) is 5.90. The molecule has 0 bridgehead atoms. The predicted molar refractivity (Wildman–Crippen MR) is 109 cm³/mol. The fourth-order valence-corrected chi connectivity index (χ4v) is 2.62. The fourth-order valence-electron chi connectivity index (χ4n) is 2.50. The van der Waals surface area contributed by atoms with Crippen molar-refractivity contribution in [1.29, 1.82) is 5.26 Å². The summed E-state index contributed by atoms with van der Waals surface area (Å²) in [4.78, 5) is 23.8. The number of carbonyl (C=O) groups excluding carboxylic acids is 2. The molecule has 0 aliphatic rings. The van der Waals surface area contributed by atoms with E-state index < -0.39 is 11.9 Å². The van der Waals surface area contributed by atoms with E-state index >= 15 is 0 Å². The van der Waals surface area contributed by atoms with E-state index in [4.69, 9.17) is 16.0 Å².